The Balaban J connectivity index is 2.19. The minimum absolute atomic E-state index is 0.00560. The Hall–Kier alpha value is -0.430. The molecule has 2 heterocycles. The molecule has 6 heteroatoms. The average molecular weight is 319 g/mol. The molecule has 0 radical (unpaired) electrons. The normalized spacial score (nSPS) is 24.6. The second kappa shape index (κ2) is 5.48. The van der Waals surface area contributed by atoms with Crippen molar-refractivity contribution < 1.29 is 9.53 Å². The zero-order valence-corrected chi connectivity index (χ0v) is 12.0. The molecule has 1 aromatic rings. The van der Waals surface area contributed by atoms with Crippen LogP contribution in [0.3, 0.4) is 0 Å². The molecule has 0 spiro atoms. The van der Waals surface area contributed by atoms with E-state index in [1.807, 2.05) is 17.0 Å². The molecule has 2 unspecified atom stereocenters. The predicted octanol–water partition coefficient (Wildman–Crippen LogP) is 1.76. The zero-order chi connectivity index (χ0) is 12.4. The molecule has 1 aliphatic heterocycles. The number of carbonyl (C=O) groups excluding carboxylic acids is 1. The lowest BCUT2D eigenvalue weighted by Crippen LogP contribution is -2.34. The van der Waals surface area contributed by atoms with Crippen LogP contribution in [-0.2, 0) is 9.53 Å². The Bertz CT molecular complexity index is 410. The van der Waals surface area contributed by atoms with Crippen molar-refractivity contribution in [3.8, 4) is 0 Å². The number of ether oxygens (including phenoxy) is 1. The van der Waals surface area contributed by atoms with Crippen LogP contribution in [0.25, 0.3) is 0 Å². The number of likely N-dealkylation sites (tertiary alicyclic amines) is 1. The van der Waals surface area contributed by atoms with Crippen molar-refractivity contribution in [1.29, 1.82) is 0 Å². The van der Waals surface area contributed by atoms with Gasteiger partial charge in [0.25, 0.3) is 0 Å². The fourth-order valence-electron chi connectivity index (χ4n) is 2.12. The summed E-state index contributed by atoms with van der Waals surface area (Å²) in [5.41, 5.74) is 6.06. The van der Waals surface area contributed by atoms with E-state index < -0.39 is 0 Å². The van der Waals surface area contributed by atoms with Crippen LogP contribution in [0, 0.1) is 0 Å². The van der Waals surface area contributed by atoms with Crippen LogP contribution in [0.15, 0.2) is 15.9 Å². The summed E-state index contributed by atoms with van der Waals surface area (Å²) in [4.78, 5) is 14.8. The predicted molar refractivity (Wildman–Crippen MR) is 70.9 cm³/mol. The molecule has 94 valence electrons. The van der Waals surface area contributed by atoms with Crippen molar-refractivity contribution in [2.75, 3.05) is 20.3 Å². The Kier molecular flexibility index (Phi) is 4.19. The molecule has 0 aromatic carbocycles. The number of hydrogen-bond donors (Lipinski definition) is 1. The summed E-state index contributed by atoms with van der Waals surface area (Å²) < 4.78 is 6.10. The van der Waals surface area contributed by atoms with Gasteiger partial charge >= 0.3 is 0 Å². The Labute approximate surface area is 113 Å². The van der Waals surface area contributed by atoms with Gasteiger partial charge in [0.2, 0.25) is 5.91 Å². The third-order valence-electron chi connectivity index (χ3n) is 2.89. The molecular formula is C11H15BrN2O2S. The molecule has 2 atom stereocenters. The van der Waals surface area contributed by atoms with Gasteiger partial charge in [-0.15, -0.1) is 11.3 Å². The summed E-state index contributed by atoms with van der Waals surface area (Å²) in [5, 5.41) is 0. The molecular weight excluding hydrogens is 304 g/mol. The molecule has 1 saturated heterocycles. The number of methoxy groups -OCH3 is 1. The first-order chi connectivity index (χ1) is 8.13. The molecule has 0 bridgehead atoms. The molecule has 1 amide bonds. The Morgan fingerprint density at radius 2 is 2.41 bits per heavy atom. The molecule has 1 fully saturated rings. The Morgan fingerprint density at radius 3 is 3.00 bits per heavy atom. The summed E-state index contributed by atoms with van der Waals surface area (Å²) in [7, 11) is 1.64. The van der Waals surface area contributed by atoms with Gasteiger partial charge in [-0.05, 0) is 28.1 Å². The van der Waals surface area contributed by atoms with E-state index in [2.05, 4.69) is 15.9 Å². The Morgan fingerprint density at radius 1 is 1.65 bits per heavy atom. The van der Waals surface area contributed by atoms with Crippen molar-refractivity contribution in [2.45, 2.75) is 18.5 Å². The van der Waals surface area contributed by atoms with Crippen LogP contribution in [-0.4, -0.2) is 37.1 Å². The first kappa shape index (κ1) is 13.0. The van der Waals surface area contributed by atoms with Gasteiger partial charge in [-0.2, -0.15) is 0 Å². The third-order valence-corrected chi connectivity index (χ3v) is 4.59. The van der Waals surface area contributed by atoms with Crippen LogP contribution in [0.5, 0.6) is 0 Å². The quantitative estimate of drug-likeness (QED) is 0.920. The van der Waals surface area contributed by atoms with E-state index in [0.717, 1.165) is 8.66 Å². The monoisotopic (exact) mass is 318 g/mol. The fraction of sp³-hybridized carbons (Fsp3) is 0.545. The first-order valence-corrected chi connectivity index (χ1v) is 7.03. The third kappa shape index (κ3) is 2.70. The van der Waals surface area contributed by atoms with Crippen molar-refractivity contribution in [2.24, 2.45) is 5.73 Å². The molecule has 1 aliphatic rings. The number of rotatable bonds is 4. The van der Waals surface area contributed by atoms with Gasteiger partial charge in [-0.1, -0.05) is 0 Å². The molecule has 0 aliphatic carbocycles. The van der Waals surface area contributed by atoms with Gasteiger partial charge < -0.3 is 15.4 Å². The second-order valence-electron chi connectivity index (χ2n) is 4.03. The lowest BCUT2D eigenvalue weighted by atomic mass is 10.1. The van der Waals surface area contributed by atoms with E-state index in [9.17, 15) is 4.79 Å². The van der Waals surface area contributed by atoms with Gasteiger partial charge in [0, 0.05) is 31.0 Å². The summed E-state index contributed by atoms with van der Waals surface area (Å²) in [6.45, 7) is 1.14. The lowest BCUT2D eigenvalue weighted by molar-refractivity contribution is -0.129. The molecule has 2 N–H and O–H groups in total. The SMILES string of the molecule is COCCN1C(=O)CC(N)C1c1ccc(Br)s1. The average Bonchev–Trinajstić information content (AvgIpc) is 2.80. The van der Waals surface area contributed by atoms with Crippen LogP contribution in [0.4, 0.5) is 0 Å². The highest BCUT2D eigenvalue weighted by atomic mass is 79.9. The van der Waals surface area contributed by atoms with Crippen LogP contribution in [0.1, 0.15) is 17.3 Å². The molecule has 2 rings (SSSR count). The van der Waals surface area contributed by atoms with E-state index >= 15 is 0 Å². The minimum Gasteiger partial charge on any atom is -0.383 e. The van der Waals surface area contributed by atoms with Crippen LogP contribution >= 0.6 is 27.3 Å². The minimum atomic E-state index is -0.120. The fourth-order valence-corrected chi connectivity index (χ4v) is 3.74. The van der Waals surface area contributed by atoms with Gasteiger partial charge in [0.05, 0.1) is 16.4 Å². The van der Waals surface area contributed by atoms with Crippen molar-refractivity contribution in [3.63, 3.8) is 0 Å². The van der Waals surface area contributed by atoms with E-state index in [4.69, 9.17) is 10.5 Å². The van der Waals surface area contributed by atoms with Gasteiger partial charge in [0.1, 0.15) is 0 Å². The number of hydrogen-bond acceptors (Lipinski definition) is 4. The van der Waals surface area contributed by atoms with Gasteiger partial charge in [0.15, 0.2) is 0 Å². The van der Waals surface area contributed by atoms with Crippen molar-refractivity contribution in [3.05, 3.63) is 20.8 Å². The van der Waals surface area contributed by atoms with Gasteiger partial charge in [-0.3, -0.25) is 4.79 Å². The van der Waals surface area contributed by atoms with Crippen molar-refractivity contribution >= 4 is 33.2 Å². The summed E-state index contributed by atoms with van der Waals surface area (Å²) in [5.74, 6) is 0.115. The number of carbonyl (C=O) groups is 1. The van der Waals surface area contributed by atoms with Crippen LogP contribution in [0.2, 0.25) is 0 Å². The number of nitrogens with zero attached hydrogens (tertiary/aromatic N) is 1. The summed E-state index contributed by atoms with van der Waals surface area (Å²) in [6, 6.07) is 3.89. The zero-order valence-electron chi connectivity index (χ0n) is 9.56. The highest BCUT2D eigenvalue weighted by Gasteiger charge is 2.38. The summed E-state index contributed by atoms with van der Waals surface area (Å²) in [6.07, 6.45) is 0.421. The second-order valence-corrected chi connectivity index (χ2v) is 6.53. The molecule has 1 aromatic heterocycles. The maximum Gasteiger partial charge on any atom is 0.224 e. The number of nitrogens with two attached hydrogens (primary N) is 1. The van der Waals surface area contributed by atoms with E-state index in [-0.39, 0.29) is 18.0 Å². The maximum atomic E-state index is 11.9. The number of thiophene rings is 1. The first-order valence-electron chi connectivity index (χ1n) is 5.42. The van der Waals surface area contributed by atoms with Crippen LogP contribution < -0.4 is 5.73 Å². The standard InChI is InChI=1S/C11H15BrN2O2S/c1-16-5-4-14-10(15)6-7(13)11(14)8-2-3-9(12)17-8/h2-3,7,11H,4-6,13H2,1H3. The molecule has 0 saturated carbocycles. The highest BCUT2D eigenvalue weighted by molar-refractivity contribution is 9.11. The smallest absolute Gasteiger partial charge is 0.224 e. The van der Waals surface area contributed by atoms with E-state index in [1.54, 1.807) is 18.4 Å². The summed E-state index contributed by atoms with van der Waals surface area (Å²) >= 11 is 5.07. The van der Waals surface area contributed by atoms with E-state index in [0.29, 0.717) is 19.6 Å². The largest absolute Gasteiger partial charge is 0.383 e. The topological polar surface area (TPSA) is 55.6 Å². The number of amides is 1. The lowest BCUT2D eigenvalue weighted by Gasteiger charge is -2.25. The maximum absolute atomic E-state index is 11.9. The van der Waals surface area contributed by atoms with Gasteiger partial charge in [-0.25, -0.2) is 0 Å². The molecule has 17 heavy (non-hydrogen) atoms. The highest BCUT2D eigenvalue weighted by Crippen LogP contribution is 2.37. The number of halogens is 1. The van der Waals surface area contributed by atoms with E-state index in [1.165, 1.54) is 0 Å². The molecule has 4 nitrogen and oxygen atoms in total. The van der Waals surface area contributed by atoms with Crippen molar-refractivity contribution in [1.82, 2.24) is 4.90 Å².